The number of benzene rings is 2. The molecule has 0 aliphatic carbocycles. The van der Waals surface area contributed by atoms with E-state index in [1.165, 1.54) is 18.2 Å². The van der Waals surface area contributed by atoms with Crippen LogP contribution in [-0.2, 0) is 11.3 Å². The monoisotopic (exact) mass is 448 g/mol. The Kier molecular flexibility index (Phi) is 5.60. The van der Waals surface area contributed by atoms with Crippen molar-refractivity contribution in [1.29, 1.82) is 0 Å². The molecule has 5 rings (SSSR count). The molecule has 2 aliphatic rings. The third-order valence-electron chi connectivity index (χ3n) is 6.62. The highest BCUT2D eigenvalue weighted by Crippen LogP contribution is 2.40. The Bertz CT molecular complexity index is 1250. The fraction of sp³-hybridized carbons (Fsp3) is 0.308. The number of hydrogen-bond donors (Lipinski definition) is 2. The van der Waals surface area contributed by atoms with Gasteiger partial charge in [-0.2, -0.15) is 0 Å². The first kappa shape index (κ1) is 21.6. The SMILES string of the molecule is O=C(/C=C/c1ccc2c(c1)C(=O)CC1(CCN(Cc3c[nH]c4cc(F)ccc34)CC1)O2)CO. The van der Waals surface area contributed by atoms with Gasteiger partial charge in [-0.1, -0.05) is 12.1 Å². The molecule has 170 valence electrons. The van der Waals surface area contributed by atoms with Gasteiger partial charge in [0.25, 0.3) is 0 Å². The number of aromatic amines is 1. The van der Waals surface area contributed by atoms with Crippen molar-refractivity contribution in [1.82, 2.24) is 9.88 Å². The number of fused-ring (bicyclic) bond motifs is 2. The van der Waals surface area contributed by atoms with E-state index in [9.17, 15) is 14.0 Å². The summed E-state index contributed by atoms with van der Waals surface area (Å²) in [6, 6.07) is 10.1. The average Bonchev–Trinajstić information content (AvgIpc) is 3.21. The summed E-state index contributed by atoms with van der Waals surface area (Å²) in [7, 11) is 0. The molecule has 1 spiro atoms. The number of Topliss-reactive ketones (excluding diaryl/α,β-unsaturated/α-hetero) is 1. The van der Waals surface area contributed by atoms with Crippen LogP contribution in [0.5, 0.6) is 5.75 Å². The molecule has 33 heavy (non-hydrogen) atoms. The number of aromatic nitrogens is 1. The summed E-state index contributed by atoms with van der Waals surface area (Å²) < 4.78 is 19.8. The number of nitrogens with zero attached hydrogens (tertiary/aromatic N) is 1. The molecule has 1 aromatic heterocycles. The number of ether oxygens (including phenoxy) is 1. The van der Waals surface area contributed by atoms with Crippen LogP contribution in [0.1, 0.15) is 40.7 Å². The smallest absolute Gasteiger partial charge is 0.181 e. The molecular weight excluding hydrogens is 423 g/mol. The molecule has 0 saturated carbocycles. The summed E-state index contributed by atoms with van der Waals surface area (Å²) >= 11 is 0. The van der Waals surface area contributed by atoms with Gasteiger partial charge in [-0.3, -0.25) is 14.5 Å². The third kappa shape index (κ3) is 4.34. The zero-order chi connectivity index (χ0) is 23.0. The number of ketones is 2. The second-order valence-electron chi connectivity index (χ2n) is 8.88. The summed E-state index contributed by atoms with van der Waals surface area (Å²) in [4.78, 5) is 29.7. The van der Waals surface area contributed by atoms with Crippen LogP contribution >= 0.6 is 0 Å². The first-order chi connectivity index (χ1) is 15.9. The van der Waals surface area contributed by atoms with E-state index in [4.69, 9.17) is 9.84 Å². The van der Waals surface area contributed by atoms with Gasteiger partial charge in [-0.05, 0) is 47.5 Å². The number of carbonyl (C=O) groups excluding carboxylic acids is 2. The normalized spacial score (nSPS) is 18.1. The molecular formula is C26H25FN2O4. The average molecular weight is 448 g/mol. The lowest BCUT2D eigenvalue weighted by molar-refractivity contribution is -0.117. The largest absolute Gasteiger partial charge is 0.486 e. The van der Waals surface area contributed by atoms with Crippen LogP contribution in [0, 0.1) is 5.82 Å². The van der Waals surface area contributed by atoms with E-state index < -0.39 is 12.2 Å². The Morgan fingerprint density at radius 3 is 2.82 bits per heavy atom. The van der Waals surface area contributed by atoms with Crippen molar-refractivity contribution < 1.29 is 23.8 Å². The number of hydrogen-bond acceptors (Lipinski definition) is 5. The van der Waals surface area contributed by atoms with Crippen LogP contribution < -0.4 is 4.74 Å². The highest BCUT2D eigenvalue weighted by Gasteiger charge is 2.43. The van der Waals surface area contributed by atoms with E-state index in [0.717, 1.165) is 54.5 Å². The molecule has 6 nitrogen and oxygen atoms in total. The van der Waals surface area contributed by atoms with Crippen molar-refractivity contribution >= 4 is 28.5 Å². The lowest BCUT2D eigenvalue weighted by Crippen LogP contribution is -2.50. The fourth-order valence-electron chi connectivity index (χ4n) is 4.78. The first-order valence-corrected chi connectivity index (χ1v) is 11.1. The number of nitrogens with one attached hydrogen (secondary N) is 1. The van der Waals surface area contributed by atoms with Gasteiger partial charge in [-0.25, -0.2) is 4.39 Å². The van der Waals surface area contributed by atoms with Gasteiger partial charge >= 0.3 is 0 Å². The van der Waals surface area contributed by atoms with E-state index in [1.807, 2.05) is 12.3 Å². The maximum absolute atomic E-state index is 13.5. The van der Waals surface area contributed by atoms with Gasteiger partial charge in [0, 0.05) is 49.6 Å². The van der Waals surface area contributed by atoms with Crippen molar-refractivity contribution in [2.75, 3.05) is 19.7 Å². The number of aliphatic hydroxyl groups excluding tert-OH is 1. The highest BCUT2D eigenvalue weighted by molar-refractivity contribution is 6.01. The van der Waals surface area contributed by atoms with E-state index in [1.54, 1.807) is 24.3 Å². The number of likely N-dealkylation sites (tertiary alicyclic amines) is 1. The van der Waals surface area contributed by atoms with Gasteiger partial charge in [0.1, 0.15) is 23.8 Å². The zero-order valence-corrected chi connectivity index (χ0v) is 18.1. The van der Waals surface area contributed by atoms with Crippen LogP contribution in [0.4, 0.5) is 4.39 Å². The summed E-state index contributed by atoms with van der Waals surface area (Å²) in [5.74, 6) is -0.00566. The van der Waals surface area contributed by atoms with E-state index in [0.29, 0.717) is 17.7 Å². The van der Waals surface area contributed by atoms with Crippen LogP contribution in [-0.4, -0.2) is 51.9 Å². The minimum Gasteiger partial charge on any atom is -0.486 e. The summed E-state index contributed by atoms with van der Waals surface area (Å²) in [5.41, 5.74) is 2.69. The second-order valence-corrected chi connectivity index (χ2v) is 8.88. The van der Waals surface area contributed by atoms with Crippen molar-refractivity contribution in [2.24, 2.45) is 0 Å². The molecule has 1 saturated heterocycles. The van der Waals surface area contributed by atoms with E-state index in [2.05, 4.69) is 9.88 Å². The number of piperidine rings is 1. The minimum atomic E-state index is -0.540. The number of aliphatic hydroxyl groups is 1. The molecule has 0 amide bonds. The highest BCUT2D eigenvalue weighted by atomic mass is 19.1. The Labute approximate surface area is 190 Å². The van der Waals surface area contributed by atoms with Gasteiger partial charge in [0.2, 0.25) is 0 Å². The second kappa shape index (κ2) is 8.57. The van der Waals surface area contributed by atoms with Gasteiger partial charge in [0.05, 0.1) is 12.0 Å². The molecule has 0 unspecified atom stereocenters. The number of rotatable bonds is 5. The van der Waals surface area contributed by atoms with Crippen LogP contribution in [0.25, 0.3) is 17.0 Å². The van der Waals surface area contributed by atoms with Gasteiger partial charge in [0.15, 0.2) is 11.6 Å². The Morgan fingerprint density at radius 1 is 1.21 bits per heavy atom. The number of halogens is 1. The fourth-order valence-corrected chi connectivity index (χ4v) is 4.78. The van der Waals surface area contributed by atoms with Crippen molar-refractivity contribution in [3.63, 3.8) is 0 Å². The maximum Gasteiger partial charge on any atom is 0.181 e. The molecule has 2 N–H and O–H groups in total. The van der Waals surface area contributed by atoms with Crippen LogP contribution in [0.3, 0.4) is 0 Å². The number of carbonyl (C=O) groups is 2. The molecule has 0 atom stereocenters. The van der Waals surface area contributed by atoms with Gasteiger partial charge in [-0.15, -0.1) is 0 Å². The van der Waals surface area contributed by atoms with Gasteiger partial charge < -0.3 is 14.8 Å². The van der Waals surface area contributed by atoms with Crippen molar-refractivity contribution in [2.45, 2.75) is 31.4 Å². The van der Waals surface area contributed by atoms with E-state index >= 15 is 0 Å². The molecule has 3 heterocycles. The van der Waals surface area contributed by atoms with Crippen LogP contribution in [0.15, 0.2) is 48.7 Å². The Balaban J connectivity index is 1.26. The molecule has 2 aromatic carbocycles. The summed E-state index contributed by atoms with van der Waals surface area (Å²) in [5, 5.41) is 9.87. The Hall–Kier alpha value is -3.29. The third-order valence-corrected chi connectivity index (χ3v) is 6.62. The standard InChI is InChI=1S/C26H25FN2O4/c27-19-3-5-21-18(14-28-23(21)12-19)15-29-9-7-26(8-10-29)13-24(32)22-11-17(1-4-20(31)16-30)2-6-25(22)33-26/h1-6,11-12,14,28,30H,7-10,13,15-16H2/b4-1+. The van der Waals surface area contributed by atoms with Crippen LogP contribution in [0.2, 0.25) is 0 Å². The lowest BCUT2D eigenvalue weighted by Gasteiger charge is -2.44. The lowest BCUT2D eigenvalue weighted by atomic mass is 9.82. The predicted octanol–water partition coefficient (Wildman–Crippen LogP) is 3.88. The molecule has 2 aliphatic heterocycles. The molecule has 3 aromatic rings. The first-order valence-electron chi connectivity index (χ1n) is 11.1. The zero-order valence-electron chi connectivity index (χ0n) is 18.1. The molecule has 0 radical (unpaired) electrons. The molecule has 7 heteroatoms. The van der Waals surface area contributed by atoms with Crippen molar-refractivity contribution in [3.8, 4) is 5.75 Å². The van der Waals surface area contributed by atoms with Crippen molar-refractivity contribution in [3.05, 3.63) is 71.2 Å². The predicted molar refractivity (Wildman–Crippen MR) is 123 cm³/mol. The molecule has 1 fully saturated rings. The molecule has 0 bridgehead atoms. The number of H-pyrrole nitrogens is 1. The summed E-state index contributed by atoms with van der Waals surface area (Å²) in [6.45, 7) is 1.83. The quantitative estimate of drug-likeness (QED) is 0.579. The maximum atomic E-state index is 13.5. The Morgan fingerprint density at radius 2 is 2.03 bits per heavy atom. The minimum absolute atomic E-state index is 0.0482. The van der Waals surface area contributed by atoms with E-state index in [-0.39, 0.29) is 17.4 Å². The summed E-state index contributed by atoms with van der Waals surface area (Å²) in [6.07, 6.45) is 6.67. The topological polar surface area (TPSA) is 82.6 Å².